The highest BCUT2D eigenvalue weighted by Gasteiger charge is 2.41. The molecule has 1 aliphatic carbocycles. The Hall–Kier alpha value is -1.71. The van der Waals surface area contributed by atoms with E-state index in [-0.39, 0.29) is 23.1 Å². The van der Waals surface area contributed by atoms with Crippen molar-refractivity contribution in [3.05, 3.63) is 35.1 Å². The molecule has 3 nitrogen and oxygen atoms in total. The first-order valence-electron chi connectivity index (χ1n) is 6.36. The van der Waals surface area contributed by atoms with E-state index in [2.05, 4.69) is 0 Å². The standard InChI is InChI=1S/C14H14FNO2/c15-11-8-4-7-10-12(11)14(18)16(13(10)17)9-5-2-1-3-6-9/h4,7-9H,1-3,5-6H2. The molecule has 0 spiro atoms. The Morgan fingerprint density at radius 3 is 2.44 bits per heavy atom. The monoisotopic (exact) mass is 247 g/mol. The zero-order valence-corrected chi connectivity index (χ0v) is 9.99. The van der Waals surface area contributed by atoms with E-state index in [4.69, 9.17) is 0 Å². The lowest BCUT2D eigenvalue weighted by Gasteiger charge is -2.29. The summed E-state index contributed by atoms with van der Waals surface area (Å²) < 4.78 is 13.7. The van der Waals surface area contributed by atoms with Crippen LogP contribution >= 0.6 is 0 Å². The van der Waals surface area contributed by atoms with Crippen molar-refractivity contribution in [3.63, 3.8) is 0 Å². The van der Waals surface area contributed by atoms with Gasteiger partial charge in [0, 0.05) is 6.04 Å². The summed E-state index contributed by atoms with van der Waals surface area (Å²) in [6.45, 7) is 0. The second-order valence-corrected chi connectivity index (χ2v) is 4.93. The van der Waals surface area contributed by atoms with E-state index in [1.807, 2.05) is 0 Å². The number of amides is 2. The lowest BCUT2D eigenvalue weighted by Crippen LogP contribution is -2.41. The predicted molar refractivity (Wildman–Crippen MR) is 63.8 cm³/mol. The van der Waals surface area contributed by atoms with E-state index < -0.39 is 11.7 Å². The summed E-state index contributed by atoms with van der Waals surface area (Å²) in [4.78, 5) is 25.7. The molecule has 1 heterocycles. The molecule has 0 unspecified atom stereocenters. The van der Waals surface area contributed by atoms with Crippen LogP contribution in [0.4, 0.5) is 4.39 Å². The van der Waals surface area contributed by atoms with Crippen molar-refractivity contribution in [1.29, 1.82) is 0 Å². The molecule has 1 saturated carbocycles. The van der Waals surface area contributed by atoms with E-state index in [0.29, 0.717) is 0 Å². The van der Waals surface area contributed by atoms with Crippen LogP contribution in [0.3, 0.4) is 0 Å². The SMILES string of the molecule is O=C1c2cccc(F)c2C(=O)N1C1CCCCC1. The molecule has 0 atom stereocenters. The maximum absolute atomic E-state index is 13.7. The number of hydrogen-bond donors (Lipinski definition) is 0. The summed E-state index contributed by atoms with van der Waals surface area (Å²) in [5.74, 6) is -1.38. The van der Waals surface area contributed by atoms with Gasteiger partial charge >= 0.3 is 0 Å². The molecule has 3 rings (SSSR count). The second kappa shape index (κ2) is 4.19. The summed E-state index contributed by atoms with van der Waals surface area (Å²) in [7, 11) is 0. The van der Waals surface area contributed by atoms with Crippen LogP contribution in [-0.4, -0.2) is 22.8 Å². The van der Waals surface area contributed by atoms with Crippen LogP contribution in [0.2, 0.25) is 0 Å². The maximum Gasteiger partial charge on any atom is 0.264 e. The van der Waals surface area contributed by atoms with Crippen molar-refractivity contribution in [2.24, 2.45) is 0 Å². The van der Waals surface area contributed by atoms with Crippen LogP contribution in [0, 0.1) is 5.82 Å². The molecule has 0 bridgehead atoms. The Bertz CT molecular complexity index is 521. The molecule has 1 aromatic rings. The number of halogens is 1. The molecule has 1 fully saturated rings. The van der Waals surface area contributed by atoms with Crippen molar-refractivity contribution in [2.45, 2.75) is 38.1 Å². The van der Waals surface area contributed by atoms with Crippen LogP contribution in [0.1, 0.15) is 52.8 Å². The fraction of sp³-hybridized carbons (Fsp3) is 0.429. The maximum atomic E-state index is 13.7. The van der Waals surface area contributed by atoms with E-state index >= 15 is 0 Å². The number of carbonyl (C=O) groups excluding carboxylic acids is 2. The quantitative estimate of drug-likeness (QED) is 0.715. The minimum Gasteiger partial charge on any atom is -0.271 e. The highest BCUT2D eigenvalue weighted by Crippen LogP contribution is 2.31. The van der Waals surface area contributed by atoms with Crippen LogP contribution in [-0.2, 0) is 0 Å². The van der Waals surface area contributed by atoms with E-state index in [9.17, 15) is 14.0 Å². The van der Waals surface area contributed by atoms with Crippen LogP contribution in [0.25, 0.3) is 0 Å². The van der Waals surface area contributed by atoms with Gasteiger partial charge in [-0.25, -0.2) is 4.39 Å². The lowest BCUT2D eigenvalue weighted by molar-refractivity contribution is 0.0547. The summed E-state index contributed by atoms with van der Waals surface area (Å²) in [5, 5.41) is 0. The molecule has 0 aromatic heterocycles. The number of carbonyl (C=O) groups is 2. The van der Waals surface area contributed by atoms with Gasteiger partial charge in [0.25, 0.3) is 11.8 Å². The van der Waals surface area contributed by atoms with Crippen molar-refractivity contribution in [1.82, 2.24) is 4.90 Å². The first kappa shape index (κ1) is 11.4. The highest BCUT2D eigenvalue weighted by atomic mass is 19.1. The minimum absolute atomic E-state index is 0.0481. The van der Waals surface area contributed by atoms with E-state index in [1.54, 1.807) is 0 Å². The number of rotatable bonds is 1. The molecule has 0 N–H and O–H groups in total. The molecular weight excluding hydrogens is 233 g/mol. The molecule has 2 amide bonds. The van der Waals surface area contributed by atoms with Gasteiger partial charge in [-0.1, -0.05) is 25.3 Å². The van der Waals surface area contributed by atoms with Gasteiger partial charge in [-0.15, -0.1) is 0 Å². The average Bonchev–Trinajstić information content (AvgIpc) is 2.64. The third-order valence-corrected chi connectivity index (χ3v) is 3.84. The van der Waals surface area contributed by atoms with Gasteiger partial charge in [-0.05, 0) is 25.0 Å². The minimum atomic E-state index is -0.593. The summed E-state index contributed by atoms with van der Waals surface area (Å²) >= 11 is 0. The number of fused-ring (bicyclic) bond motifs is 1. The van der Waals surface area contributed by atoms with Crippen LogP contribution in [0.5, 0.6) is 0 Å². The smallest absolute Gasteiger partial charge is 0.264 e. The molecule has 4 heteroatoms. The largest absolute Gasteiger partial charge is 0.271 e. The Morgan fingerprint density at radius 1 is 1.06 bits per heavy atom. The van der Waals surface area contributed by atoms with Gasteiger partial charge in [0.1, 0.15) is 5.82 Å². The van der Waals surface area contributed by atoms with Gasteiger partial charge < -0.3 is 0 Å². The predicted octanol–water partition coefficient (Wildman–Crippen LogP) is 2.75. The molecule has 1 aliphatic heterocycles. The number of nitrogens with zero attached hydrogens (tertiary/aromatic N) is 1. The topological polar surface area (TPSA) is 37.4 Å². The van der Waals surface area contributed by atoms with Gasteiger partial charge in [-0.2, -0.15) is 0 Å². The molecular formula is C14H14FNO2. The second-order valence-electron chi connectivity index (χ2n) is 4.93. The molecule has 0 radical (unpaired) electrons. The Kier molecular flexibility index (Phi) is 2.65. The van der Waals surface area contributed by atoms with Gasteiger partial charge in [0.15, 0.2) is 0 Å². The summed E-state index contributed by atoms with van der Waals surface area (Å²) in [5.41, 5.74) is 0.165. The van der Waals surface area contributed by atoms with Crippen LogP contribution in [0.15, 0.2) is 18.2 Å². The van der Waals surface area contributed by atoms with Gasteiger partial charge in [-0.3, -0.25) is 14.5 Å². The third-order valence-electron chi connectivity index (χ3n) is 3.84. The average molecular weight is 247 g/mol. The fourth-order valence-electron chi connectivity index (χ4n) is 2.93. The molecule has 18 heavy (non-hydrogen) atoms. The number of imide groups is 1. The summed E-state index contributed by atoms with van der Waals surface area (Å²) in [6, 6.07) is 4.19. The van der Waals surface area contributed by atoms with Crippen molar-refractivity contribution in [2.75, 3.05) is 0 Å². The van der Waals surface area contributed by atoms with E-state index in [1.165, 1.54) is 23.1 Å². The third kappa shape index (κ3) is 1.55. The zero-order valence-electron chi connectivity index (χ0n) is 9.99. The Morgan fingerprint density at radius 2 is 1.78 bits per heavy atom. The normalized spacial score (nSPS) is 20.4. The van der Waals surface area contributed by atoms with Gasteiger partial charge in [0.2, 0.25) is 0 Å². The first-order valence-corrected chi connectivity index (χ1v) is 6.36. The molecule has 1 aromatic carbocycles. The number of benzene rings is 1. The highest BCUT2D eigenvalue weighted by molar-refractivity contribution is 6.21. The fourth-order valence-corrected chi connectivity index (χ4v) is 2.93. The molecule has 0 saturated heterocycles. The van der Waals surface area contributed by atoms with Crippen LogP contribution < -0.4 is 0 Å². The van der Waals surface area contributed by atoms with Gasteiger partial charge in [0.05, 0.1) is 11.1 Å². The van der Waals surface area contributed by atoms with Crippen molar-refractivity contribution < 1.29 is 14.0 Å². The first-order chi connectivity index (χ1) is 8.70. The Labute approximate surface area is 105 Å². The van der Waals surface area contributed by atoms with E-state index in [0.717, 1.165) is 32.1 Å². The lowest BCUT2D eigenvalue weighted by atomic mass is 9.94. The zero-order chi connectivity index (χ0) is 12.7. The Balaban J connectivity index is 1.99. The molecule has 2 aliphatic rings. The van der Waals surface area contributed by atoms with Crippen molar-refractivity contribution in [3.8, 4) is 0 Å². The summed E-state index contributed by atoms with van der Waals surface area (Å²) in [6.07, 6.45) is 4.88. The number of hydrogen-bond acceptors (Lipinski definition) is 2. The molecule has 94 valence electrons. The van der Waals surface area contributed by atoms with Crippen molar-refractivity contribution >= 4 is 11.8 Å².